The lowest BCUT2D eigenvalue weighted by molar-refractivity contribution is -0.00190. The Morgan fingerprint density at radius 2 is 1.54 bits per heavy atom. The molecule has 0 aliphatic heterocycles. The first-order valence-corrected chi connectivity index (χ1v) is 16.4. The van der Waals surface area contributed by atoms with Gasteiger partial charge in [0.25, 0.3) is 0 Å². The maximum absolute atomic E-state index is 13.4. The fraction of sp³-hybridized carbons (Fsp3) is 0.519. The number of nitrogens with two attached hydrogens (primary N) is 1. The lowest BCUT2D eigenvalue weighted by Crippen LogP contribution is -2.46. The minimum absolute atomic E-state index is 0.0346. The third kappa shape index (κ3) is 10.9. The molecule has 0 spiro atoms. The first kappa shape index (κ1) is 34.5. The second kappa shape index (κ2) is 16.1. The Morgan fingerprint density at radius 3 is 2.02 bits per heavy atom. The molecule has 1 amide bonds. The van der Waals surface area contributed by atoms with Crippen LogP contribution < -0.4 is 15.2 Å². The van der Waals surface area contributed by atoms with Crippen molar-refractivity contribution in [3.05, 3.63) is 54.1 Å². The summed E-state index contributed by atoms with van der Waals surface area (Å²) in [6.07, 6.45) is -3.87. The van der Waals surface area contributed by atoms with Gasteiger partial charge in [0.1, 0.15) is 23.7 Å². The van der Waals surface area contributed by atoms with Crippen LogP contribution in [0.5, 0.6) is 11.5 Å². The first-order valence-electron chi connectivity index (χ1n) is 13.2. The van der Waals surface area contributed by atoms with Crippen molar-refractivity contribution in [3.63, 3.8) is 0 Å². The van der Waals surface area contributed by atoms with E-state index in [0.717, 1.165) is 4.31 Å². The fourth-order valence-electron chi connectivity index (χ4n) is 3.92. The molecule has 2 aromatic rings. The van der Waals surface area contributed by atoms with E-state index in [1.165, 1.54) is 31.4 Å². The molecule has 0 saturated heterocycles. The summed E-state index contributed by atoms with van der Waals surface area (Å²) in [4.78, 5) is 11.7. The van der Waals surface area contributed by atoms with Crippen molar-refractivity contribution in [2.75, 3.05) is 39.8 Å². The maximum atomic E-state index is 13.4. The van der Waals surface area contributed by atoms with E-state index in [9.17, 15) is 22.9 Å². The van der Waals surface area contributed by atoms with Gasteiger partial charge in [-0.25, -0.2) is 13.2 Å². The molecule has 0 heterocycles. The van der Waals surface area contributed by atoms with E-state index in [1.54, 1.807) is 38.1 Å². The fourth-order valence-corrected chi connectivity index (χ4v) is 6.86. The van der Waals surface area contributed by atoms with Gasteiger partial charge < -0.3 is 34.1 Å². The van der Waals surface area contributed by atoms with Gasteiger partial charge in [0.15, 0.2) is 6.35 Å². The second-order valence-corrected chi connectivity index (χ2v) is 13.4. The largest absolute Gasteiger partial charge is 0.497 e. The maximum Gasteiger partial charge on any atom is 0.404 e. The second-order valence-electron chi connectivity index (χ2n) is 9.50. The van der Waals surface area contributed by atoms with Crippen molar-refractivity contribution in [3.8, 4) is 11.5 Å². The van der Waals surface area contributed by atoms with Crippen LogP contribution in [-0.4, -0.2) is 75.9 Å². The molecule has 2 atom stereocenters. The number of hydrogen-bond donors (Lipinski definition) is 2. The minimum Gasteiger partial charge on any atom is -0.497 e. The first-order chi connectivity index (χ1) is 19.3. The summed E-state index contributed by atoms with van der Waals surface area (Å²) in [6.45, 7) is 7.31. The Labute approximate surface area is 242 Å². The topological polar surface area (TPSA) is 164 Å². The van der Waals surface area contributed by atoms with Crippen LogP contribution in [0.2, 0.25) is 0 Å². The normalized spacial score (nSPS) is 13.7. The van der Waals surface area contributed by atoms with Crippen LogP contribution in [-0.2, 0) is 34.8 Å². The summed E-state index contributed by atoms with van der Waals surface area (Å²) in [5.41, 5.74) is 5.92. The molecule has 2 rings (SSSR count). The molecule has 0 aromatic heterocycles. The predicted molar refractivity (Wildman–Crippen MR) is 154 cm³/mol. The van der Waals surface area contributed by atoms with E-state index < -0.39 is 35.9 Å². The van der Waals surface area contributed by atoms with Crippen LogP contribution >= 0.6 is 7.60 Å². The van der Waals surface area contributed by atoms with Crippen molar-refractivity contribution in [1.29, 1.82) is 0 Å². The van der Waals surface area contributed by atoms with E-state index in [4.69, 9.17) is 29.0 Å². The molecule has 12 nitrogen and oxygen atoms in total. The Morgan fingerprint density at radius 1 is 0.976 bits per heavy atom. The molecule has 0 fully saturated rings. The Kier molecular flexibility index (Phi) is 13.6. The third-order valence-corrected chi connectivity index (χ3v) is 9.35. The molecule has 14 heteroatoms. The smallest absolute Gasteiger partial charge is 0.404 e. The number of benzene rings is 2. The molecule has 0 bridgehead atoms. The van der Waals surface area contributed by atoms with Crippen LogP contribution in [0.25, 0.3) is 0 Å². The highest BCUT2D eigenvalue weighted by Crippen LogP contribution is 2.47. The summed E-state index contributed by atoms with van der Waals surface area (Å²) >= 11 is 0. The quantitative estimate of drug-likeness (QED) is 0.234. The van der Waals surface area contributed by atoms with E-state index >= 15 is 0 Å². The molecule has 41 heavy (non-hydrogen) atoms. The number of hydrogen-bond acceptors (Lipinski definition) is 10. The van der Waals surface area contributed by atoms with Crippen molar-refractivity contribution in [2.24, 2.45) is 11.7 Å². The number of sulfonamides is 1. The Hall–Kier alpha value is -2.67. The van der Waals surface area contributed by atoms with Gasteiger partial charge in [-0.15, -0.1) is 0 Å². The summed E-state index contributed by atoms with van der Waals surface area (Å²) in [7, 11) is -5.92. The van der Waals surface area contributed by atoms with Crippen molar-refractivity contribution < 1.29 is 46.1 Å². The van der Waals surface area contributed by atoms with E-state index in [0.29, 0.717) is 17.1 Å². The molecule has 0 aliphatic carbocycles. The van der Waals surface area contributed by atoms with E-state index in [2.05, 4.69) is 0 Å². The van der Waals surface area contributed by atoms with Gasteiger partial charge in [0.2, 0.25) is 10.0 Å². The number of aliphatic hydroxyl groups is 1. The number of amides is 1. The van der Waals surface area contributed by atoms with Crippen LogP contribution in [0.4, 0.5) is 4.79 Å². The highest BCUT2D eigenvalue weighted by molar-refractivity contribution is 7.89. The van der Waals surface area contributed by atoms with Gasteiger partial charge in [-0.3, -0.25) is 4.57 Å². The number of primary amides is 1. The summed E-state index contributed by atoms with van der Waals surface area (Å²) in [5, 5.41) is 11.1. The van der Waals surface area contributed by atoms with Crippen molar-refractivity contribution in [2.45, 2.75) is 51.2 Å². The number of methoxy groups -OCH3 is 1. The Bertz CT molecular complexity index is 1230. The number of aliphatic hydroxyl groups excluding tert-OH is 1. The van der Waals surface area contributed by atoms with Gasteiger partial charge in [-0.2, -0.15) is 4.31 Å². The summed E-state index contributed by atoms with van der Waals surface area (Å²) in [5.74, 6) is 0.845. The van der Waals surface area contributed by atoms with Gasteiger partial charge in [0, 0.05) is 19.5 Å². The SMILES string of the molecule is CCOP(=O)(COc1ccc(CC(OC(N)=O)C(O)CN(CC(C)C)S(=O)(=O)c2ccc(OC)cc2)cc1)OCC. The lowest BCUT2D eigenvalue weighted by Gasteiger charge is -2.29. The average molecular weight is 617 g/mol. The molecule has 2 aromatic carbocycles. The zero-order chi connectivity index (χ0) is 30.6. The monoisotopic (exact) mass is 616 g/mol. The predicted octanol–water partition coefficient (Wildman–Crippen LogP) is 4.01. The highest BCUT2D eigenvalue weighted by atomic mass is 32.2. The standard InChI is InChI=1S/C27H41N2O10PS/c1-6-37-40(32,38-7-2)19-36-23-10-8-21(9-11-23)16-26(39-27(28)31)25(30)18-29(17-20(3)4)41(33,34)24-14-12-22(35-5)13-15-24/h8-15,20,25-26,30H,6-7,16-19H2,1-5H3,(H2,28,31). The van der Waals surface area contributed by atoms with Gasteiger partial charge >= 0.3 is 13.7 Å². The molecule has 0 radical (unpaired) electrons. The van der Waals surface area contributed by atoms with Crippen molar-refractivity contribution >= 4 is 23.7 Å². The number of ether oxygens (including phenoxy) is 3. The highest BCUT2D eigenvalue weighted by Gasteiger charge is 2.32. The van der Waals surface area contributed by atoms with Crippen LogP contribution in [0, 0.1) is 5.92 Å². The van der Waals surface area contributed by atoms with Crippen LogP contribution in [0.1, 0.15) is 33.3 Å². The number of carbonyl (C=O) groups excluding carboxylic acids is 1. The molecular weight excluding hydrogens is 575 g/mol. The number of rotatable bonds is 18. The van der Waals surface area contributed by atoms with Crippen molar-refractivity contribution in [1.82, 2.24) is 4.31 Å². The zero-order valence-corrected chi connectivity index (χ0v) is 25.8. The zero-order valence-electron chi connectivity index (χ0n) is 24.1. The van der Waals surface area contributed by atoms with Gasteiger partial charge in [0.05, 0.1) is 25.2 Å². The van der Waals surface area contributed by atoms with Crippen LogP contribution in [0.15, 0.2) is 53.4 Å². The minimum atomic E-state index is -4.00. The van der Waals surface area contributed by atoms with E-state index in [-0.39, 0.29) is 49.9 Å². The third-order valence-electron chi connectivity index (χ3n) is 5.75. The molecule has 0 aliphatic rings. The number of nitrogens with zero attached hydrogens (tertiary/aromatic N) is 1. The Balaban J connectivity index is 2.19. The lowest BCUT2D eigenvalue weighted by atomic mass is 10.0. The van der Waals surface area contributed by atoms with Gasteiger partial charge in [-0.05, 0) is 61.7 Å². The molecule has 2 unspecified atom stereocenters. The summed E-state index contributed by atoms with van der Waals surface area (Å²) < 4.78 is 67.0. The van der Waals surface area contributed by atoms with Gasteiger partial charge in [-0.1, -0.05) is 26.0 Å². The summed E-state index contributed by atoms with van der Waals surface area (Å²) in [6, 6.07) is 12.5. The van der Waals surface area contributed by atoms with Crippen LogP contribution in [0.3, 0.4) is 0 Å². The molecule has 0 saturated carbocycles. The number of carbonyl (C=O) groups is 1. The molecule has 230 valence electrons. The average Bonchev–Trinajstić information content (AvgIpc) is 2.91. The van der Waals surface area contributed by atoms with E-state index in [1.807, 2.05) is 13.8 Å². The molecular formula is C27H41N2O10PS. The molecule has 3 N–H and O–H groups in total.